The van der Waals surface area contributed by atoms with E-state index in [1.165, 1.54) is 83.3 Å². The molecule has 3 nitrogen and oxygen atoms in total. The van der Waals surface area contributed by atoms with Gasteiger partial charge in [0.2, 0.25) is 0 Å². The lowest BCUT2D eigenvalue weighted by atomic mass is 9.68. The largest absolute Gasteiger partial charge is 0.353 e. The van der Waals surface area contributed by atoms with E-state index in [2.05, 4.69) is 15.2 Å². The molecule has 126 valence electrons. The molecule has 0 aromatic rings. The molecule has 1 aliphatic heterocycles. The SMILES string of the molecule is CN=C(NC1CC1C1CCCCC1)N1CCC2(CCC2)C1.I. The maximum absolute atomic E-state index is 4.59. The maximum Gasteiger partial charge on any atom is 0.193 e. The van der Waals surface area contributed by atoms with Gasteiger partial charge in [0, 0.05) is 26.2 Å². The number of rotatable bonds is 2. The highest BCUT2D eigenvalue weighted by Crippen LogP contribution is 2.48. The highest BCUT2D eigenvalue weighted by atomic mass is 127. The molecule has 2 atom stereocenters. The van der Waals surface area contributed by atoms with Crippen molar-refractivity contribution in [1.29, 1.82) is 0 Å². The summed E-state index contributed by atoms with van der Waals surface area (Å²) in [6, 6.07) is 0.727. The summed E-state index contributed by atoms with van der Waals surface area (Å²) in [5.74, 6) is 3.15. The van der Waals surface area contributed by atoms with Crippen molar-refractivity contribution in [2.45, 2.75) is 70.3 Å². The predicted molar refractivity (Wildman–Crippen MR) is 103 cm³/mol. The van der Waals surface area contributed by atoms with E-state index in [1.54, 1.807) is 0 Å². The molecule has 1 saturated heterocycles. The Labute approximate surface area is 152 Å². The highest BCUT2D eigenvalue weighted by Gasteiger charge is 2.46. The number of guanidine groups is 1. The molecule has 0 aromatic heterocycles. The van der Waals surface area contributed by atoms with Crippen LogP contribution in [0.5, 0.6) is 0 Å². The van der Waals surface area contributed by atoms with Crippen molar-refractivity contribution in [3.8, 4) is 0 Å². The average molecular weight is 417 g/mol. The number of aliphatic imine (C=N–C) groups is 1. The fourth-order valence-corrected chi connectivity index (χ4v) is 5.13. The third kappa shape index (κ3) is 3.27. The molecule has 4 aliphatic rings. The van der Waals surface area contributed by atoms with E-state index in [1.807, 2.05) is 7.05 Å². The Morgan fingerprint density at radius 2 is 1.86 bits per heavy atom. The quantitative estimate of drug-likeness (QED) is 0.418. The molecule has 0 radical (unpaired) electrons. The standard InChI is InChI=1S/C18H31N3.HI/c1-19-17(21-11-10-18(13-21)8-5-9-18)20-16-12-15(16)14-6-3-2-4-7-14;/h14-16H,2-13H2,1H3,(H,19,20);1H. The minimum atomic E-state index is 0. The summed E-state index contributed by atoms with van der Waals surface area (Å²) in [6.45, 7) is 2.48. The lowest BCUT2D eigenvalue weighted by Gasteiger charge is -2.38. The van der Waals surface area contributed by atoms with Crippen molar-refractivity contribution in [2.75, 3.05) is 20.1 Å². The topological polar surface area (TPSA) is 27.6 Å². The maximum atomic E-state index is 4.59. The lowest BCUT2D eigenvalue weighted by Crippen LogP contribution is -2.44. The fraction of sp³-hybridized carbons (Fsp3) is 0.944. The van der Waals surface area contributed by atoms with E-state index in [-0.39, 0.29) is 24.0 Å². The van der Waals surface area contributed by atoms with Crippen LogP contribution in [0.15, 0.2) is 4.99 Å². The molecular weight excluding hydrogens is 385 g/mol. The van der Waals surface area contributed by atoms with Gasteiger partial charge >= 0.3 is 0 Å². The molecule has 2 unspecified atom stereocenters. The summed E-state index contributed by atoms with van der Waals surface area (Å²) in [5, 5.41) is 3.79. The van der Waals surface area contributed by atoms with E-state index < -0.39 is 0 Å². The van der Waals surface area contributed by atoms with Crippen LogP contribution < -0.4 is 5.32 Å². The van der Waals surface area contributed by atoms with Gasteiger partial charge < -0.3 is 10.2 Å². The Morgan fingerprint density at radius 1 is 1.09 bits per heavy atom. The Balaban J connectivity index is 0.00000144. The zero-order valence-corrected chi connectivity index (χ0v) is 16.4. The van der Waals surface area contributed by atoms with E-state index in [0.717, 1.165) is 17.9 Å². The molecule has 1 N–H and O–H groups in total. The molecular formula is C18H32IN3. The summed E-state index contributed by atoms with van der Waals surface area (Å²) in [7, 11) is 1.96. The second-order valence-corrected chi connectivity index (χ2v) is 8.12. The Bertz CT molecular complexity index is 413. The van der Waals surface area contributed by atoms with Crippen molar-refractivity contribution in [3.05, 3.63) is 0 Å². The summed E-state index contributed by atoms with van der Waals surface area (Å²) in [5.41, 5.74) is 0.671. The fourth-order valence-electron chi connectivity index (χ4n) is 5.13. The molecule has 0 bridgehead atoms. The minimum absolute atomic E-state index is 0. The van der Waals surface area contributed by atoms with Crippen LogP contribution in [0, 0.1) is 17.3 Å². The third-order valence-electron chi connectivity index (χ3n) is 6.77. The van der Waals surface area contributed by atoms with Gasteiger partial charge in [0.05, 0.1) is 0 Å². The van der Waals surface area contributed by atoms with Crippen LogP contribution in [0.2, 0.25) is 0 Å². The van der Waals surface area contributed by atoms with Gasteiger partial charge in [-0.2, -0.15) is 0 Å². The van der Waals surface area contributed by atoms with Crippen LogP contribution in [0.1, 0.15) is 64.2 Å². The first kappa shape index (κ1) is 16.8. The second kappa shape index (κ2) is 6.86. The number of halogens is 1. The highest BCUT2D eigenvalue weighted by molar-refractivity contribution is 14.0. The van der Waals surface area contributed by atoms with Crippen molar-refractivity contribution in [2.24, 2.45) is 22.2 Å². The molecule has 1 heterocycles. The van der Waals surface area contributed by atoms with Gasteiger partial charge in [-0.25, -0.2) is 0 Å². The summed E-state index contributed by atoms with van der Waals surface area (Å²) in [4.78, 5) is 7.12. The molecule has 0 aromatic carbocycles. The monoisotopic (exact) mass is 417 g/mol. The second-order valence-electron chi connectivity index (χ2n) is 8.12. The van der Waals surface area contributed by atoms with E-state index >= 15 is 0 Å². The van der Waals surface area contributed by atoms with Crippen molar-refractivity contribution < 1.29 is 0 Å². The zero-order valence-electron chi connectivity index (χ0n) is 14.0. The first-order valence-corrected chi connectivity index (χ1v) is 9.28. The Kier molecular flexibility index (Phi) is 5.25. The Hall–Kier alpha value is 0. The molecule has 3 saturated carbocycles. The summed E-state index contributed by atoms with van der Waals surface area (Å²) in [6.07, 6.45) is 14.5. The van der Waals surface area contributed by atoms with Crippen LogP contribution in [-0.2, 0) is 0 Å². The average Bonchev–Trinajstić information content (AvgIpc) is 3.11. The third-order valence-corrected chi connectivity index (χ3v) is 6.77. The zero-order chi connectivity index (χ0) is 14.3. The summed E-state index contributed by atoms with van der Waals surface area (Å²) < 4.78 is 0. The number of nitrogens with one attached hydrogen (secondary N) is 1. The number of hydrogen-bond acceptors (Lipinski definition) is 1. The molecule has 0 amide bonds. The smallest absolute Gasteiger partial charge is 0.193 e. The Morgan fingerprint density at radius 3 is 2.45 bits per heavy atom. The van der Waals surface area contributed by atoms with Gasteiger partial charge in [-0.3, -0.25) is 4.99 Å². The van der Waals surface area contributed by atoms with Crippen molar-refractivity contribution in [3.63, 3.8) is 0 Å². The van der Waals surface area contributed by atoms with E-state index in [9.17, 15) is 0 Å². The first-order valence-electron chi connectivity index (χ1n) is 9.28. The van der Waals surface area contributed by atoms with Crippen LogP contribution in [0.3, 0.4) is 0 Å². The van der Waals surface area contributed by atoms with Crippen LogP contribution in [0.25, 0.3) is 0 Å². The van der Waals surface area contributed by atoms with Crippen molar-refractivity contribution >= 4 is 29.9 Å². The van der Waals surface area contributed by atoms with Crippen LogP contribution in [0.4, 0.5) is 0 Å². The number of hydrogen-bond donors (Lipinski definition) is 1. The lowest BCUT2D eigenvalue weighted by molar-refractivity contribution is 0.151. The molecule has 3 aliphatic carbocycles. The first-order chi connectivity index (χ1) is 10.3. The molecule has 22 heavy (non-hydrogen) atoms. The van der Waals surface area contributed by atoms with Gasteiger partial charge in [-0.05, 0) is 42.9 Å². The minimum Gasteiger partial charge on any atom is -0.353 e. The van der Waals surface area contributed by atoms with Gasteiger partial charge in [-0.15, -0.1) is 24.0 Å². The normalized spacial score (nSPS) is 34.2. The molecule has 4 heteroatoms. The van der Waals surface area contributed by atoms with E-state index in [0.29, 0.717) is 5.41 Å². The predicted octanol–water partition coefficient (Wildman–Crippen LogP) is 4.02. The van der Waals surface area contributed by atoms with Crippen molar-refractivity contribution in [1.82, 2.24) is 10.2 Å². The van der Waals surface area contributed by atoms with Crippen LogP contribution >= 0.6 is 24.0 Å². The van der Waals surface area contributed by atoms with Gasteiger partial charge in [-0.1, -0.05) is 38.5 Å². The molecule has 1 spiro atoms. The van der Waals surface area contributed by atoms with Gasteiger partial charge in [0.25, 0.3) is 0 Å². The number of nitrogens with zero attached hydrogens (tertiary/aromatic N) is 2. The molecule has 4 rings (SSSR count). The van der Waals surface area contributed by atoms with E-state index in [4.69, 9.17) is 0 Å². The van der Waals surface area contributed by atoms with Gasteiger partial charge in [0.15, 0.2) is 5.96 Å². The molecule has 4 fully saturated rings. The van der Waals surface area contributed by atoms with Gasteiger partial charge in [0.1, 0.15) is 0 Å². The number of likely N-dealkylation sites (tertiary alicyclic amines) is 1. The summed E-state index contributed by atoms with van der Waals surface area (Å²) >= 11 is 0. The van der Waals surface area contributed by atoms with Crippen LogP contribution in [-0.4, -0.2) is 37.0 Å².